The highest BCUT2D eigenvalue weighted by molar-refractivity contribution is 6.10. The highest BCUT2D eigenvalue weighted by atomic mass is 15.2. The Bertz CT molecular complexity index is 3410. The predicted octanol–water partition coefficient (Wildman–Crippen LogP) is 14.0. The molecule has 0 aliphatic heterocycles. The molecular weight excluding hydrogens is 753 g/mol. The number of para-hydroxylation sites is 1. The van der Waals surface area contributed by atoms with E-state index >= 15 is 0 Å². The van der Waals surface area contributed by atoms with Crippen LogP contribution < -0.4 is 0 Å². The number of benzene rings is 9. The van der Waals surface area contributed by atoms with Crippen molar-refractivity contribution in [2.75, 3.05) is 0 Å². The molecular formula is C58H38N4. The van der Waals surface area contributed by atoms with E-state index in [4.69, 9.17) is 15.0 Å². The van der Waals surface area contributed by atoms with Gasteiger partial charge in [-0.3, -0.25) is 4.57 Å². The lowest BCUT2D eigenvalue weighted by atomic mass is 9.67. The highest BCUT2D eigenvalue weighted by Gasteiger charge is 2.46. The molecule has 2 heterocycles. The maximum absolute atomic E-state index is 5.30. The number of nitrogens with zero attached hydrogens (tertiary/aromatic N) is 4. The fourth-order valence-electron chi connectivity index (χ4n) is 9.85. The van der Waals surface area contributed by atoms with Gasteiger partial charge >= 0.3 is 0 Å². The zero-order valence-corrected chi connectivity index (χ0v) is 33.7. The van der Waals surface area contributed by atoms with Crippen LogP contribution in [0.25, 0.3) is 83.9 Å². The van der Waals surface area contributed by atoms with Gasteiger partial charge in [0.2, 0.25) is 5.95 Å². The number of hydrogen-bond acceptors (Lipinski definition) is 3. The van der Waals surface area contributed by atoms with Crippen molar-refractivity contribution in [3.05, 3.63) is 253 Å². The van der Waals surface area contributed by atoms with Gasteiger partial charge in [-0.15, -0.1) is 0 Å². The Morgan fingerprint density at radius 3 is 1.55 bits per heavy atom. The zero-order chi connectivity index (χ0) is 41.0. The van der Waals surface area contributed by atoms with E-state index < -0.39 is 5.41 Å². The lowest BCUT2D eigenvalue weighted by molar-refractivity contribution is 0.768. The third kappa shape index (κ3) is 5.58. The second-order valence-electron chi connectivity index (χ2n) is 15.9. The van der Waals surface area contributed by atoms with Gasteiger partial charge in [0.15, 0.2) is 11.6 Å². The molecule has 12 rings (SSSR count). The molecule has 1 aliphatic carbocycles. The molecule has 290 valence electrons. The Hall–Kier alpha value is -8.21. The monoisotopic (exact) mass is 790 g/mol. The molecule has 0 spiro atoms. The van der Waals surface area contributed by atoms with Crippen LogP contribution in [0.5, 0.6) is 0 Å². The molecule has 0 fully saturated rings. The van der Waals surface area contributed by atoms with Crippen molar-refractivity contribution < 1.29 is 0 Å². The number of rotatable bonds is 7. The third-order valence-corrected chi connectivity index (χ3v) is 12.6. The summed E-state index contributed by atoms with van der Waals surface area (Å²) in [6, 6.07) is 82.3. The van der Waals surface area contributed by atoms with Crippen LogP contribution >= 0.6 is 0 Å². The first-order valence-corrected chi connectivity index (χ1v) is 21.1. The number of fused-ring (bicyclic) bond motifs is 6. The summed E-state index contributed by atoms with van der Waals surface area (Å²) in [4.78, 5) is 15.7. The number of hydrogen-bond donors (Lipinski definition) is 0. The summed E-state index contributed by atoms with van der Waals surface area (Å²) in [5.41, 5.74) is 15.7. The lowest BCUT2D eigenvalue weighted by Gasteiger charge is -2.33. The Labute approximate surface area is 360 Å². The second-order valence-corrected chi connectivity index (χ2v) is 15.9. The van der Waals surface area contributed by atoms with Gasteiger partial charge in [0.25, 0.3) is 0 Å². The van der Waals surface area contributed by atoms with Crippen molar-refractivity contribution in [3.8, 4) is 62.1 Å². The van der Waals surface area contributed by atoms with Crippen LogP contribution in [0.2, 0.25) is 0 Å². The quantitative estimate of drug-likeness (QED) is 0.161. The Kier molecular flexibility index (Phi) is 8.36. The van der Waals surface area contributed by atoms with E-state index in [-0.39, 0.29) is 0 Å². The van der Waals surface area contributed by atoms with E-state index in [0.29, 0.717) is 17.6 Å². The summed E-state index contributed by atoms with van der Waals surface area (Å²) in [6.45, 7) is 0. The minimum absolute atomic E-state index is 0.437. The van der Waals surface area contributed by atoms with E-state index in [1.54, 1.807) is 0 Å². The van der Waals surface area contributed by atoms with Gasteiger partial charge in [0.05, 0.1) is 16.4 Å². The van der Waals surface area contributed by atoms with Crippen molar-refractivity contribution in [2.24, 2.45) is 0 Å². The first-order valence-electron chi connectivity index (χ1n) is 21.1. The summed E-state index contributed by atoms with van der Waals surface area (Å²) in [5, 5.41) is 2.27. The molecule has 0 radical (unpaired) electrons. The van der Waals surface area contributed by atoms with E-state index in [1.807, 2.05) is 24.3 Å². The van der Waals surface area contributed by atoms with E-state index in [9.17, 15) is 0 Å². The van der Waals surface area contributed by atoms with Crippen LogP contribution in [0.4, 0.5) is 0 Å². The molecule has 62 heavy (non-hydrogen) atoms. The Balaban J connectivity index is 1.04. The van der Waals surface area contributed by atoms with Gasteiger partial charge in [-0.05, 0) is 79.9 Å². The molecule has 0 N–H and O–H groups in total. The highest BCUT2D eigenvalue weighted by Crippen LogP contribution is 2.56. The summed E-state index contributed by atoms with van der Waals surface area (Å²) in [6.07, 6.45) is 0. The van der Waals surface area contributed by atoms with Crippen LogP contribution in [0, 0.1) is 0 Å². The summed E-state index contributed by atoms with van der Waals surface area (Å²) in [7, 11) is 0. The van der Waals surface area contributed by atoms with Crippen molar-refractivity contribution >= 4 is 21.8 Å². The van der Waals surface area contributed by atoms with Gasteiger partial charge in [-0.1, -0.05) is 206 Å². The average molecular weight is 791 g/mol. The second kappa shape index (κ2) is 14.5. The molecule has 11 aromatic rings. The van der Waals surface area contributed by atoms with Crippen LogP contribution in [0.3, 0.4) is 0 Å². The number of aromatic nitrogens is 4. The molecule has 0 atom stereocenters. The maximum atomic E-state index is 5.30. The molecule has 0 saturated carbocycles. The molecule has 0 bridgehead atoms. The Morgan fingerprint density at radius 2 is 0.823 bits per heavy atom. The van der Waals surface area contributed by atoms with Crippen LogP contribution in [0.1, 0.15) is 22.3 Å². The zero-order valence-electron chi connectivity index (χ0n) is 33.7. The van der Waals surface area contributed by atoms with Crippen molar-refractivity contribution in [2.45, 2.75) is 5.41 Å². The fraction of sp³-hybridized carbons (Fsp3) is 0.0172. The molecule has 4 heteroatoms. The standard InChI is InChI=1S/C58H38N4/c1-5-19-39(20-6-1)45-27-13-14-30-48(45)56-59-55(40-21-7-2-8-22-40)60-57(61-56)62-53-32-18-16-29-47(53)50-38-42(34-36-54(50)62)41-33-35-52-49(37-41)46-28-15-17-31-51(46)58(52,43-23-9-3-10-24-43)44-25-11-4-12-26-44/h1-38H. The largest absolute Gasteiger partial charge is 0.278 e. The minimum Gasteiger partial charge on any atom is -0.278 e. The van der Waals surface area contributed by atoms with Gasteiger partial charge in [0, 0.05) is 21.9 Å². The van der Waals surface area contributed by atoms with E-state index in [0.717, 1.165) is 49.6 Å². The van der Waals surface area contributed by atoms with Crippen molar-refractivity contribution in [1.29, 1.82) is 0 Å². The summed E-state index contributed by atoms with van der Waals surface area (Å²) < 4.78 is 2.20. The fourth-order valence-corrected chi connectivity index (χ4v) is 9.85. The van der Waals surface area contributed by atoms with Gasteiger partial charge < -0.3 is 0 Å². The first kappa shape index (κ1) is 35.7. The lowest BCUT2D eigenvalue weighted by Crippen LogP contribution is -2.28. The van der Waals surface area contributed by atoms with Crippen molar-refractivity contribution in [1.82, 2.24) is 19.5 Å². The molecule has 2 aromatic heterocycles. The SMILES string of the molecule is c1ccc(-c2nc(-c3ccccc3-c3ccccc3)nc(-n3c4ccccc4c4cc(-c5ccc6c(c5)-c5ccccc5C6(c5ccccc5)c5ccccc5)ccc43)n2)cc1. The average Bonchev–Trinajstić information content (AvgIpc) is 3.85. The first-order chi connectivity index (χ1) is 30.8. The van der Waals surface area contributed by atoms with E-state index in [2.05, 4.69) is 211 Å². The van der Waals surface area contributed by atoms with Gasteiger partial charge in [0.1, 0.15) is 0 Å². The molecule has 4 nitrogen and oxygen atoms in total. The molecule has 0 unspecified atom stereocenters. The molecule has 0 saturated heterocycles. The van der Waals surface area contributed by atoms with Gasteiger partial charge in [-0.2, -0.15) is 9.97 Å². The maximum Gasteiger partial charge on any atom is 0.238 e. The topological polar surface area (TPSA) is 43.6 Å². The third-order valence-electron chi connectivity index (χ3n) is 12.6. The normalized spacial score (nSPS) is 12.6. The summed E-state index contributed by atoms with van der Waals surface area (Å²) in [5.74, 6) is 1.82. The minimum atomic E-state index is -0.437. The van der Waals surface area contributed by atoms with E-state index in [1.165, 1.54) is 38.9 Å². The van der Waals surface area contributed by atoms with Crippen LogP contribution in [0.15, 0.2) is 231 Å². The Morgan fingerprint density at radius 1 is 0.306 bits per heavy atom. The van der Waals surface area contributed by atoms with Crippen LogP contribution in [-0.2, 0) is 5.41 Å². The smallest absolute Gasteiger partial charge is 0.238 e. The molecule has 1 aliphatic rings. The predicted molar refractivity (Wildman–Crippen MR) is 253 cm³/mol. The van der Waals surface area contributed by atoms with Crippen LogP contribution in [-0.4, -0.2) is 19.5 Å². The van der Waals surface area contributed by atoms with Gasteiger partial charge in [-0.25, -0.2) is 4.98 Å². The summed E-state index contributed by atoms with van der Waals surface area (Å²) >= 11 is 0. The molecule has 0 amide bonds. The molecule has 9 aromatic carbocycles. The van der Waals surface area contributed by atoms with Crippen molar-refractivity contribution in [3.63, 3.8) is 0 Å².